The molecule has 3 atom stereocenters. The molecule has 1 amide bonds. The number of carbonyl (C=O) groups is 1. The number of ether oxygens (including phenoxy) is 2. The molecule has 1 N–H and O–H groups in total. The normalized spacial score (nSPS) is 21.0. The molecule has 2 saturated heterocycles. The van der Waals surface area contributed by atoms with Gasteiger partial charge in [0, 0.05) is 48.1 Å². The molecule has 2 aliphatic heterocycles. The molecule has 3 rings (SSSR count). The van der Waals surface area contributed by atoms with E-state index in [1.165, 1.54) is 4.90 Å². The standard InChI is InChI=1S/C29H46ClN3O6S2/c1-9-16-38-25-17-20(2)24(30)18-23(25)26(31-40(35)29(6,7)8)21-10-14-33(15-11-21)41(36,37)22-12-13-32(19-22)27(34)39-28(3,4)5/h9,17-18,21-22,26,31H,1,10-16,19H2,2-8H3/t22?,26-,40+/m1/s1. The highest BCUT2D eigenvalue weighted by atomic mass is 35.5. The summed E-state index contributed by atoms with van der Waals surface area (Å²) in [4.78, 5) is 14.0. The predicted octanol–water partition coefficient (Wildman–Crippen LogP) is 5.36. The molecule has 12 heteroatoms. The Labute approximate surface area is 254 Å². The number of halogens is 1. The van der Waals surface area contributed by atoms with E-state index in [1.54, 1.807) is 31.2 Å². The van der Waals surface area contributed by atoms with Crippen molar-refractivity contribution in [3.05, 3.63) is 40.9 Å². The minimum Gasteiger partial charge on any atom is -0.598 e. The van der Waals surface area contributed by atoms with E-state index in [-0.39, 0.29) is 18.5 Å². The van der Waals surface area contributed by atoms with Crippen molar-refractivity contribution in [2.45, 2.75) is 89.4 Å². The molecule has 0 aliphatic carbocycles. The first kappa shape index (κ1) is 34.0. The smallest absolute Gasteiger partial charge is 0.410 e. The molecular weight excluding hydrogens is 586 g/mol. The minimum absolute atomic E-state index is 0.0144. The molecule has 0 aromatic heterocycles. The summed E-state index contributed by atoms with van der Waals surface area (Å²) >= 11 is 5.16. The van der Waals surface area contributed by atoms with Gasteiger partial charge in [0.25, 0.3) is 0 Å². The van der Waals surface area contributed by atoms with Gasteiger partial charge in [-0.15, -0.1) is 4.72 Å². The predicted molar refractivity (Wildman–Crippen MR) is 165 cm³/mol. The van der Waals surface area contributed by atoms with Crippen molar-refractivity contribution in [1.29, 1.82) is 0 Å². The number of likely N-dealkylation sites (tertiary alicyclic amines) is 1. The number of piperidine rings is 1. The number of hydrogen-bond acceptors (Lipinski definition) is 7. The van der Waals surface area contributed by atoms with Gasteiger partial charge in [-0.2, -0.15) is 0 Å². The van der Waals surface area contributed by atoms with Crippen LogP contribution in [-0.2, 0) is 26.1 Å². The first-order chi connectivity index (χ1) is 18.9. The molecule has 41 heavy (non-hydrogen) atoms. The second-order valence-electron chi connectivity index (χ2n) is 12.8. The lowest BCUT2D eigenvalue weighted by atomic mass is 9.86. The summed E-state index contributed by atoms with van der Waals surface area (Å²) in [6, 6.07) is 3.37. The van der Waals surface area contributed by atoms with Crippen LogP contribution in [0.2, 0.25) is 5.02 Å². The van der Waals surface area contributed by atoms with Crippen molar-refractivity contribution in [2.24, 2.45) is 5.92 Å². The van der Waals surface area contributed by atoms with Gasteiger partial charge in [-0.3, -0.25) is 0 Å². The van der Waals surface area contributed by atoms with Crippen LogP contribution in [0.25, 0.3) is 0 Å². The van der Waals surface area contributed by atoms with Gasteiger partial charge in [-0.25, -0.2) is 17.5 Å². The average Bonchev–Trinajstić information content (AvgIpc) is 3.38. The molecule has 232 valence electrons. The fourth-order valence-electron chi connectivity index (χ4n) is 5.03. The van der Waals surface area contributed by atoms with E-state index in [1.807, 2.05) is 39.8 Å². The van der Waals surface area contributed by atoms with Gasteiger partial charge >= 0.3 is 6.09 Å². The Morgan fingerprint density at radius 2 is 1.83 bits per heavy atom. The molecule has 2 aliphatic rings. The average molecular weight is 632 g/mol. The lowest BCUT2D eigenvalue weighted by Gasteiger charge is -2.38. The third-order valence-electron chi connectivity index (χ3n) is 7.32. The molecule has 0 bridgehead atoms. The van der Waals surface area contributed by atoms with Crippen molar-refractivity contribution in [3.8, 4) is 5.75 Å². The third-order valence-corrected chi connectivity index (χ3v) is 11.6. The van der Waals surface area contributed by atoms with Crippen LogP contribution in [-0.4, -0.2) is 76.7 Å². The van der Waals surface area contributed by atoms with Gasteiger partial charge in [0.2, 0.25) is 10.0 Å². The van der Waals surface area contributed by atoms with Gasteiger partial charge in [-0.05, 0) is 91.3 Å². The second kappa shape index (κ2) is 13.4. The molecule has 0 saturated carbocycles. The summed E-state index contributed by atoms with van der Waals surface area (Å²) in [7, 11) is -3.62. The quantitative estimate of drug-likeness (QED) is 0.289. The number of carbonyl (C=O) groups excluding carboxylic acids is 1. The number of nitrogens with zero attached hydrogens (tertiary/aromatic N) is 2. The van der Waals surface area contributed by atoms with Crippen LogP contribution in [0, 0.1) is 12.8 Å². The van der Waals surface area contributed by atoms with Crippen molar-refractivity contribution in [1.82, 2.24) is 13.9 Å². The molecule has 9 nitrogen and oxygen atoms in total. The largest absolute Gasteiger partial charge is 0.598 e. The third kappa shape index (κ3) is 8.76. The van der Waals surface area contributed by atoms with E-state index < -0.39 is 43.1 Å². The second-order valence-corrected chi connectivity index (χ2v) is 17.5. The molecule has 2 fully saturated rings. The Balaban J connectivity index is 1.79. The molecule has 0 spiro atoms. The van der Waals surface area contributed by atoms with E-state index in [0.717, 1.165) is 11.1 Å². The maximum absolute atomic E-state index is 13.6. The number of benzene rings is 1. The summed E-state index contributed by atoms with van der Waals surface area (Å²) in [6.07, 6.45) is 2.68. The van der Waals surface area contributed by atoms with Gasteiger partial charge in [0.1, 0.15) is 22.7 Å². The van der Waals surface area contributed by atoms with Crippen LogP contribution < -0.4 is 9.46 Å². The monoisotopic (exact) mass is 631 g/mol. The maximum atomic E-state index is 13.6. The van der Waals surface area contributed by atoms with E-state index in [9.17, 15) is 17.8 Å². The maximum Gasteiger partial charge on any atom is 0.410 e. The number of hydrogen-bond donors (Lipinski definition) is 1. The molecule has 1 aromatic carbocycles. The Hall–Kier alpha value is -1.50. The van der Waals surface area contributed by atoms with Crippen LogP contribution in [0.3, 0.4) is 0 Å². The lowest BCUT2D eigenvalue weighted by molar-refractivity contribution is 0.0295. The highest BCUT2D eigenvalue weighted by Crippen LogP contribution is 2.40. The van der Waals surface area contributed by atoms with Crippen molar-refractivity contribution in [3.63, 3.8) is 0 Å². The lowest BCUT2D eigenvalue weighted by Crippen LogP contribution is -2.48. The number of sulfonamides is 1. The van der Waals surface area contributed by atoms with Crippen molar-refractivity contribution in [2.75, 3.05) is 32.8 Å². The summed E-state index contributed by atoms with van der Waals surface area (Å²) in [5.74, 6) is 0.623. The van der Waals surface area contributed by atoms with E-state index in [4.69, 9.17) is 21.1 Å². The van der Waals surface area contributed by atoms with E-state index in [0.29, 0.717) is 56.3 Å². The number of nitrogens with one attached hydrogen (secondary N) is 1. The Kier molecular flexibility index (Phi) is 11.1. The molecule has 1 aromatic rings. The zero-order chi connectivity index (χ0) is 30.8. The molecule has 1 unspecified atom stereocenters. The van der Waals surface area contributed by atoms with Crippen LogP contribution >= 0.6 is 11.6 Å². The van der Waals surface area contributed by atoms with Crippen LogP contribution in [0.4, 0.5) is 4.79 Å². The summed E-state index contributed by atoms with van der Waals surface area (Å²) in [6.45, 7) is 18.2. The fourth-order valence-corrected chi connectivity index (χ4v) is 8.02. The van der Waals surface area contributed by atoms with Crippen LogP contribution in [0.5, 0.6) is 5.75 Å². The van der Waals surface area contributed by atoms with E-state index in [2.05, 4.69) is 11.3 Å². The highest BCUT2D eigenvalue weighted by molar-refractivity contribution is 7.90. The first-order valence-corrected chi connectivity index (χ1v) is 17.2. The summed E-state index contributed by atoms with van der Waals surface area (Å²) in [5, 5.41) is -0.0845. The fraction of sp³-hybridized carbons (Fsp3) is 0.690. The number of rotatable bonds is 9. The number of amides is 1. The van der Waals surface area contributed by atoms with E-state index >= 15 is 0 Å². The van der Waals surface area contributed by atoms with Crippen LogP contribution in [0.15, 0.2) is 24.8 Å². The van der Waals surface area contributed by atoms with Gasteiger partial charge < -0.3 is 18.9 Å². The minimum atomic E-state index is -3.62. The zero-order valence-corrected chi connectivity index (χ0v) is 27.8. The van der Waals surface area contributed by atoms with Crippen molar-refractivity contribution < 1.29 is 27.2 Å². The van der Waals surface area contributed by atoms with Crippen molar-refractivity contribution >= 4 is 39.1 Å². The number of aryl methyl sites for hydroxylation is 1. The molecule has 0 radical (unpaired) electrons. The SMILES string of the molecule is C=CCOc1cc(C)c(Cl)cc1[C@H](N[S@@+]([O-])C(C)(C)C)C1CCN(S(=O)(=O)C2CCN(C(=O)OC(C)(C)C)C2)CC1. The summed E-state index contributed by atoms with van der Waals surface area (Å²) < 4.78 is 56.3. The van der Waals surface area contributed by atoms with Gasteiger partial charge in [0.05, 0.1) is 11.3 Å². The molecule has 2 heterocycles. The van der Waals surface area contributed by atoms with Gasteiger partial charge in [0.15, 0.2) is 0 Å². The first-order valence-electron chi connectivity index (χ1n) is 14.1. The Morgan fingerprint density at radius 3 is 2.39 bits per heavy atom. The highest BCUT2D eigenvalue weighted by Gasteiger charge is 2.43. The Morgan fingerprint density at radius 1 is 1.20 bits per heavy atom. The zero-order valence-electron chi connectivity index (χ0n) is 25.4. The topological polar surface area (TPSA) is 111 Å². The van der Waals surface area contributed by atoms with Gasteiger partial charge in [-0.1, -0.05) is 24.3 Å². The molecular formula is C29H46ClN3O6S2. The van der Waals surface area contributed by atoms with Crippen LogP contribution in [0.1, 0.15) is 78.0 Å². The Bertz CT molecular complexity index is 1190. The summed E-state index contributed by atoms with van der Waals surface area (Å²) in [5.41, 5.74) is 1.02.